The number of para-hydroxylation sites is 1. The van der Waals surface area contributed by atoms with Crippen molar-refractivity contribution < 1.29 is 0 Å². The van der Waals surface area contributed by atoms with Gasteiger partial charge in [-0.25, -0.2) is 0 Å². The highest BCUT2D eigenvalue weighted by Gasteiger charge is 2.14. The van der Waals surface area contributed by atoms with Crippen molar-refractivity contribution in [1.29, 1.82) is 0 Å². The lowest BCUT2D eigenvalue weighted by Gasteiger charge is -2.12. The third-order valence-electron chi connectivity index (χ3n) is 4.09. The maximum absolute atomic E-state index is 4.78. The van der Waals surface area contributed by atoms with Crippen LogP contribution in [0, 0.1) is 0 Å². The van der Waals surface area contributed by atoms with Crippen molar-refractivity contribution in [2.24, 2.45) is 4.99 Å². The van der Waals surface area contributed by atoms with Crippen LogP contribution in [0.5, 0.6) is 0 Å². The molecule has 0 spiro atoms. The van der Waals surface area contributed by atoms with Crippen molar-refractivity contribution in [2.45, 2.75) is 13.3 Å². The largest absolute Gasteiger partial charge is 0.378 e. The molecule has 0 radical (unpaired) electrons. The molecule has 0 heterocycles. The maximum Gasteiger partial charge on any atom is 0.0633 e. The third kappa shape index (κ3) is 3.42. The SMILES string of the molecule is C/C(=N\c1ccccc1)c1ccccc1C1=CC(N(C)C)=CC1. The molecule has 0 fully saturated rings. The molecule has 23 heavy (non-hydrogen) atoms. The summed E-state index contributed by atoms with van der Waals surface area (Å²) < 4.78 is 0. The molecule has 2 heteroatoms. The maximum atomic E-state index is 4.78. The van der Waals surface area contributed by atoms with E-state index in [1.54, 1.807) is 0 Å². The Bertz CT molecular complexity index is 780. The van der Waals surface area contributed by atoms with Crippen molar-refractivity contribution >= 4 is 17.0 Å². The number of rotatable bonds is 4. The molecule has 0 unspecified atom stereocenters. The highest BCUT2D eigenvalue weighted by atomic mass is 15.1. The molecule has 0 bridgehead atoms. The summed E-state index contributed by atoms with van der Waals surface area (Å²) in [5.41, 5.74) is 7.14. The Hall–Kier alpha value is -2.61. The van der Waals surface area contributed by atoms with Gasteiger partial charge in [0.1, 0.15) is 0 Å². The molecule has 0 amide bonds. The minimum absolute atomic E-state index is 0.975. The molecule has 0 saturated heterocycles. The zero-order chi connectivity index (χ0) is 16.2. The summed E-state index contributed by atoms with van der Waals surface area (Å²) in [5, 5.41) is 0. The van der Waals surface area contributed by atoms with Gasteiger partial charge in [-0.1, -0.05) is 48.5 Å². The standard InChI is InChI=1S/C21H22N2/c1-16(22-18-9-5-4-6-10-18)20-11-7-8-12-21(20)17-13-14-19(15-17)23(2)3/h4-12,14-15H,13H2,1-3H3/b22-16+. The monoisotopic (exact) mass is 302 g/mol. The van der Waals surface area contributed by atoms with Gasteiger partial charge in [0.05, 0.1) is 5.69 Å². The van der Waals surface area contributed by atoms with Gasteiger partial charge in [0, 0.05) is 31.1 Å². The molecule has 2 nitrogen and oxygen atoms in total. The Morgan fingerprint density at radius 2 is 1.65 bits per heavy atom. The summed E-state index contributed by atoms with van der Waals surface area (Å²) in [6.45, 7) is 2.08. The van der Waals surface area contributed by atoms with Crippen molar-refractivity contribution in [1.82, 2.24) is 4.90 Å². The zero-order valence-corrected chi connectivity index (χ0v) is 14.0. The molecule has 0 aromatic heterocycles. The number of aliphatic imine (C=N–C) groups is 1. The fraction of sp³-hybridized carbons (Fsp3) is 0.190. The first-order chi connectivity index (χ1) is 11.1. The van der Waals surface area contributed by atoms with Crippen LogP contribution in [0.25, 0.3) is 5.57 Å². The van der Waals surface area contributed by atoms with E-state index in [9.17, 15) is 0 Å². The normalized spacial score (nSPS) is 14.5. The van der Waals surface area contributed by atoms with Crippen LogP contribution in [0.2, 0.25) is 0 Å². The second-order valence-electron chi connectivity index (χ2n) is 5.98. The summed E-state index contributed by atoms with van der Waals surface area (Å²) >= 11 is 0. The third-order valence-corrected chi connectivity index (χ3v) is 4.09. The lowest BCUT2D eigenvalue weighted by molar-refractivity contribution is 0.531. The molecular weight excluding hydrogens is 280 g/mol. The van der Waals surface area contributed by atoms with Crippen LogP contribution in [0.4, 0.5) is 5.69 Å². The van der Waals surface area contributed by atoms with Crippen LogP contribution in [0.15, 0.2) is 77.4 Å². The fourth-order valence-corrected chi connectivity index (χ4v) is 2.85. The van der Waals surface area contributed by atoms with Crippen LogP contribution in [0.3, 0.4) is 0 Å². The summed E-state index contributed by atoms with van der Waals surface area (Å²) in [5.74, 6) is 0. The van der Waals surface area contributed by atoms with E-state index in [2.05, 4.69) is 62.3 Å². The average molecular weight is 302 g/mol. The molecule has 0 aliphatic heterocycles. The fourth-order valence-electron chi connectivity index (χ4n) is 2.85. The minimum Gasteiger partial charge on any atom is -0.378 e. The predicted molar refractivity (Wildman–Crippen MR) is 99.1 cm³/mol. The molecule has 116 valence electrons. The van der Waals surface area contributed by atoms with E-state index in [4.69, 9.17) is 4.99 Å². The second kappa shape index (κ2) is 6.66. The minimum atomic E-state index is 0.975. The average Bonchev–Trinajstić information content (AvgIpc) is 3.06. The number of hydrogen-bond acceptors (Lipinski definition) is 2. The Balaban J connectivity index is 1.96. The molecule has 1 aliphatic rings. The van der Waals surface area contributed by atoms with Crippen molar-refractivity contribution in [3.05, 3.63) is 83.6 Å². The summed E-state index contributed by atoms with van der Waals surface area (Å²) in [7, 11) is 4.17. The lowest BCUT2D eigenvalue weighted by atomic mass is 9.96. The molecule has 2 aromatic rings. The first-order valence-electron chi connectivity index (χ1n) is 7.93. The summed E-state index contributed by atoms with van der Waals surface area (Å²) in [6.07, 6.45) is 5.52. The van der Waals surface area contributed by atoms with Gasteiger partial charge in [-0.05, 0) is 42.7 Å². The van der Waals surface area contributed by atoms with Gasteiger partial charge in [-0.2, -0.15) is 0 Å². The van der Waals surface area contributed by atoms with Crippen molar-refractivity contribution in [3.8, 4) is 0 Å². The van der Waals surface area contributed by atoms with E-state index in [1.165, 1.54) is 22.4 Å². The van der Waals surface area contributed by atoms with E-state index in [0.717, 1.165) is 17.8 Å². The Labute approximate surface area is 138 Å². The van der Waals surface area contributed by atoms with Gasteiger partial charge in [-0.3, -0.25) is 4.99 Å². The number of allylic oxidation sites excluding steroid dienone is 3. The van der Waals surface area contributed by atoms with Gasteiger partial charge in [0.2, 0.25) is 0 Å². The predicted octanol–water partition coefficient (Wildman–Crippen LogP) is 5.06. The molecule has 3 rings (SSSR count). The summed E-state index contributed by atoms with van der Waals surface area (Å²) in [4.78, 5) is 6.93. The van der Waals surface area contributed by atoms with E-state index in [-0.39, 0.29) is 0 Å². The van der Waals surface area contributed by atoms with Gasteiger partial charge >= 0.3 is 0 Å². The first kappa shape index (κ1) is 15.3. The number of likely N-dealkylation sites (N-methyl/N-ethyl adjacent to an activating group) is 1. The first-order valence-corrected chi connectivity index (χ1v) is 7.93. The number of benzene rings is 2. The topological polar surface area (TPSA) is 15.6 Å². The van der Waals surface area contributed by atoms with Crippen LogP contribution < -0.4 is 0 Å². The molecule has 2 aromatic carbocycles. The van der Waals surface area contributed by atoms with Crippen LogP contribution >= 0.6 is 0 Å². The molecular formula is C21H22N2. The van der Waals surface area contributed by atoms with E-state index < -0.39 is 0 Å². The summed E-state index contributed by atoms with van der Waals surface area (Å²) in [6, 6.07) is 18.7. The van der Waals surface area contributed by atoms with Crippen LogP contribution in [0.1, 0.15) is 24.5 Å². The molecule has 1 aliphatic carbocycles. The molecule has 0 N–H and O–H groups in total. The quantitative estimate of drug-likeness (QED) is 0.721. The lowest BCUT2D eigenvalue weighted by Crippen LogP contribution is -2.07. The smallest absolute Gasteiger partial charge is 0.0633 e. The van der Waals surface area contributed by atoms with Gasteiger partial charge in [0.25, 0.3) is 0 Å². The Kier molecular flexibility index (Phi) is 4.42. The Morgan fingerprint density at radius 1 is 0.957 bits per heavy atom. The number of nitrogens with zero attached hydrogens (tertiary/aromatic N) is 2. The highest BCUT2D eigenvalue weighted by Crippen LogP contribution is 2.30. The second-order valence-corrected chi connectivity index (χ2v) is 5.98. The van der Waals surface area contributed by atoms with Crippen molar-refractivity contribution in [3.63, 3.8) is 0 Å². The van der Waals surface area contributed by atoms with E-state index in [0.29, 0.717) is 0 Å². The van der Waals surface area contributed by atoms with Crippen molar-refractivity contribution in [2.75, 3.05) is 14.1 Å². The molecule has 0 atom stereocenters. The van der Waals surface area contributed by atoms with Crippen LogP contribution in [-0.2, 0) is 0 Å². The molecule has 0 saturated carbocycles. The van der Waals surface area contributed by atoms with Gasteiger partial charge in [-0.15, -0.1) is 0 Å². The van der Waals surface area contributed by atoms with E-state index >= 15 is 0 Å². The van der Waals surface area contributed by atoms with E-state index in [1.807, 2.05) is 30.3 Å². The zero-order valence-electron chi connectivity index (χ0n) is 14.0. The Morgan fingerprint density at radius 3 is 2.35 bits per heavy atom. The number of hydrogen-bond donors (Lipinski definition) is 0. The highest BCUT2D eigenvalue weighted by molar-refractivity contribution is 6.04. The van der Waals surface area contributed by atoms with Crippen LogP contribution in [-0.4, -0.2) is 24.7 Å². The van der Waals surface area contributed by atoms with Gasteiger partial charge < -0.3 is 4.90 Å². The van der Waals surface area contributed by atoms with Gasteiger partial charge in [0.15, 0.2) is 0 Å².